The number of carbonyl (C=O) groups excluding carboxylic acids is 2. The normalized spacial score (nSPS) is 11.8. The van der Waals surface area contributed by atoms with Crippen LogP contribution in [0.1, 0.15) is 10.4 Å². The van der Waals surface area contributed by atoms with Crippen molar-refractivity contribution in [2.75, 3.05) is 13.7 Å². The van der Waals surface area contributed by atoms with E-state index in [1.165, 1.54) is 18.2 Å². The second-order valence-electron chi connectivity index (χ2n) is 3.64. The second kappa shape index (κ2) is 7.39. The summed E-state index contributed by atoms with van der Waals surface area (Å²) in [5.74, 6) is -1.73. The van der Waals surface area contributed by atoms with Gasteiger partial charge in [0.25, 0.3) is 5.91 Å². The maximum atomic E-state index is 12.1. The van der Waals surface area contributed by atoms with Crippen LogP contribution in [-0.4, -0.2) is 43.4 Å². The van der Waals surface area contributed by atoms with Crippen LogP contribution in [0, 0.1) is 0 Å². The highest BCUT2D eigenvalue weighted by Crippen LogP contribution is 2.16. The summed E-state index contributed by atoms with van der Waals surface area (Å²) in [4.78, 5) is 23.0. The van der Waals surface area contributed by atoms with Crippen molar-refractivity contribution in [1.82, 2.24) is 5.32 Å². The standard InChI is InChI=1S/C12H13F2NO5/c1-19-11(18)9(6-16)15-10(17)7-3-2-4-8(5-7)20-12(13)14/h2-5,9,12,16H,6H2,1H3,(H,15,17). The number of rotatable bonds is 6. The minimum atomic E-state index is -3.01. The molecule has 0 aliphatic carbocycles. The van der Waals surface area contributed by atoms with Gasteiger partial charge in [-0.2, -0.15) is 8.78 Å². The van der Waals surface area contributed by atoms with Gasteiger partial charge in [-0.15, -0.1) is 0 Å². The molecule has 0 aliphatic heterocycles. The van der Waals surface area contributed by atoms with Crippen LogP contribution in [0.25, 0.3) is 0 Å². The Kier molecular flexibility index (Phi) is 5.85. The number of aliphatic hydroxyl groups excluding tert-OH is 1. The molecule has 0 bridgehead atoms. The zero-order valence-electron chi connectivity index (χ0n) is 10.5. The Morgan fingerprint density at radius 1 is 1.40 bits per heavy atom. The predicted molar refractivity (Wildman–Crippen MR) is 63.4 cm³/mol. The van der Waals surface area contributed by atoms with Crippen molar-refractivity contribution >= 4 is 11.9 Å². The minimum Gasteiger partial charge on any atom is -0.467 e. The van der Waals surface area contributed by atoms with Crippen LogP contribution in [0.2, 0.25) is 0 Å². The summed E-state index contributed by atoms with van der Waals surface area (Å²) >= 11 is 0. The van der Waals surface area contributed by atoms with Crippen molar-refractivity contribution in [3.63, 3.8) is 0 Å². The van der Waals surface area contributed by atoms with Gasteiger partial charge < -0.3 is 19.9 Å². The summed E-state index contributed by atoms with van der Waals surface area (Å²) in [6.07, 6.45) is 0. The molecule has 0 heterocycles. The highest BCUT2D eigenvalue weighted by Gasteiger charge is 2.21. The van der Waals surface area contributed by atoms with E-state index in [9.17, 15) is 18.4 Å². The SMILES string of the molecule is COC(=O)C(CO)NC(=O)c1cccc(OC(F)F)c1. The van der Waals surface area contributed by atoms with Crippen LogP contribution in [0.5, 0.6) is 5.75 Å². The second-order valence-corrected chi connectivity index (χ2v) is 3.64. The Bertz CT molecular complexity index is 481. The fraction of sp³-hybridized carbons (Fsp3) is 0.333. The molecule has 0 fully saturated rings. The number of hydrogen-bond donors (Lipinski definition) is 2. The first kappa shape index (κ1) is 15.8. The van der Waals surface area contributed by atoms with Crippen LogP contribution < -0.4 is 10.1 Å². The number of hydrogen-bond acceptors (Lipinski definition) is 5. The first-order valence-corrected chi connectivity index (χ1v) is 5.52. The quantitative estimate of drug-likeness (QED) is 0.747. The number of alkyl halides is 2. The molecule has 0 saturated carbocycles. The fourth-order valence-electron chi connectivity index (χ4n) is 1.38. The van der Waals surface area contributed by atoms with Crippen LogP contribution in [0.3, 0.4) is 0 Å². The number of esters is 1. The van der Waals surface area contributed by atoms with Crippen molar-refractivity contribution in [2.45, 2.75) is 12.7 Å². The highest BCUT2D eigenvalue weighted by molar-refractivity contribution is 5.97. The van der Waals surface area contributed by atoms with E-state index in [0.29, 0.717) is 0 Å². The molecule has 1 aromatic carbocycles. The van der Waals surface area contributed by atoms with Crippen molar-refractivity contribution in [3.05, 3.63) is 29.8 Å². The molecule has 1 amide bonds. The van der Waals surface area contributed by atoms with Gasteiger partial charge in [0.1, 0.15) is 5.75 Å². The summed E-state index contributed by atoms with van der Waals surface area (Å²) in [5.41, 5.74) is 0.00510. The molecule has 20 heavy (non-hydrogen) atoms. The number of benzene rings is 1. The summed E-state index contributed by atoms with van der Waals surface area (Å²) in [5, 5.41) is 11.2. The largest absolute Gasteiger partial charge is 0.467 e. The third kappa shape index (κ3) is 4.47. The van der Waals surface area contributed by atoms with Crippen molar-refractivity contribution < 1.29 is 33.0 Å². The third-order valence-electron chi connectivity index (χ3n) is 2.29. The lowest BCUT2D eigenvalue weighted by atomic mass is 10.2. The average Bonchev–Trinajstić information content (AvgIpc) is 2.43. The van der Waals surface area contributed by atoms with Gasteiger partial charge in [0, 0.05) is 5.56 Å². The fourth-order valence-corrected chi connectivity index (χ4v) is 1.38. The van der Waals surface area contributed by atoms with Crippen LogP contribution in [0.4, 0.5) is 8.78 Å². The number of amides is 1. The molecule has 1 unspecified atom stereocenters. The van der Waals surface area contributed by atoms with Crippen molar-refractivity contribution in [2.24, 2.45) is 0 Å². The van der Waals surface area contributed by atoms with Crippen LogP contribution >= 0.6 is 0 Å². The summed E-state index contributed by atoms with van der Waals surface area (Å²) in [6.45, 7) is -3.65. The summed E-state index contributed by atoms with van der Waals surface area (Å²) in [6, 6.07) is 3.81. The summed E-state index contributed by atoms with van der Waals surface area (Å²) in [7, 11) is 1.11. The molecule has 2 N–H and O–H groups in total. The van der Waals surface area contributed by atoms with E-state index in [2.05, 4.69) is 14.8 Å². The number of carbonyl (C=O) groups is 2. The molecule has 0 radical (unpaired) electrons. The van der Waals surface area contributed by atoms with Crippen LogP contribution in [-0.2, 0) is 9.53 Å². The Morgan fingerprint density at radius 2 is 2.10 bits per heavy atom. The van der Waals surface area contributed by atoms with Gasteiger partial charge in [-0.3, -0.25) is 4.79 Å². The minimum absolute atomic E-state index is 0.00510. The Labute approximate surface area is 113 Å². The van der Waals surface area contributed by atoms with E-state index < -0.39 is 31.1 Å². The van der Waals surface area contributed by atoms with Gasteiger partial charge in [0.2, 0.25) is 0 Å². The topological polar surface area (TPSA) is 84.9 Å². The Balaban J connectivity index is 2.78. The van der Waals surface area contributed by atoms with E-state index >= 15 is 0 Å². The molecule has 0 aliphatic rings. The summed E-state index contributed by atoms with van der Waals surface area (Å²) < 4.78 is 32.6. The molecular weight excluding hydrogens is 276 g/mol. The van der Waals surface area contributed by atoms with Gasteiger partial charge in [-0.25, -0.2) is 4.79 Å². The van der Waals surface area contributed by atoms with Gasteiger partial charge >= 0.3 is 12.6 Å². The molecule has 0 aromatic heterocycles. The molecule has 0 spiro atoms. The van der Waals surface area contributed by atoms with E-state index in [-0.39, 0.29) is 11.3 Å². The number of ether oxygens (including phenoxy) is 2. The lowest BCUT2D eigenvalue weighted by molar-refractivity contribution is -0.143. The van der Waals surface area contributed by atoms with Gasteiger partial charge in [0.15, 0.2) is 6.04 Å². The Morgan fingerprint density at radius 3 is 2.65 bits per heavy atom. The third-order valence-corrected chi connectivity index (χ3v) is 2.29. The van der Waals surface area contributed by atoms with E-state index in [0.717, 1.165) is 13.2 Å². The van der Waals surface area contributed by atoms with E-state index in [1.807, 2.05) is 0 Å². The average molecular weight is 289 g/mol. The number of aliphatic hydroxyl groups is 1. The highest BCUT2D eigenvalue weighted by atomic mass is 19.3. The molecule has 1 atom stereocenters. The van der Waals surface area contributed by atoms with Gasteiger partial charge in [0.05, 0.1) is 13.7 Å². The van der Waals surface area contributed by atoms with E-state index in [4.69, 9.17) is 5.11 Å². The first-order chi connectivity index (χ1) is 9.47. The smallest absolute Gasteiger partial charge is 0.387 e. The monoisotopic (exact) mass is 289 g/mol. The molecule has 1 aromatic rings. The maximum Gasteiger partial charge on any atom is 0.387 e. The van der Waals surface area contributed by atoms with E-state index in [1.54, 1.807) is 0 Å². The first-order valence-electron chi connectivity index (χ1n) is 5.52. The molecule has 6 nitrogen and oxygen atoms in total. The molecule has 110 valence electrons. The number of halogens is 2. The number of nitrogens with one attached hydrogen (secondary N) is 1. The number of methoxy groups -OCH3 is 1. The predicted octanol–water partition coefficient (Wildman–Crippen LogP) is 0.552. The lowest BCUT2D eigenvalue weighted by Gasteiger charge is -2.14. The van der Waals surface area contributed by atoms with Crippen LogP contribution in [0.15, 0.2) is 24.3 Å². The maximum absolute atomic E-state index is 12.1. The van der Waals surface area contributed by atoms with Crippen molar-refractivity contribution in [3.8, 4) is 5.75 Å². The van der Waals surface area contributed by atoms with Crippen molar-refractivity contribution in [1.29, 1.82) is 0 Å². The van der Waals surface area contributed by atoms with Gasteiger partial charge in [-0.05, 0) is 18.2 Å². The molecule has 8 heteroatoms. The molecule has 1 rings (SSSR count). The lowest BCUT2D eigenvalue weighted by Crippen LogP contribution is -2.44. The molecular formula is C12H13F2NO5. The van der Waals surface area contributed by atoms with Gasteiger partial charge in [-0.1, -0.05) is 6.07 Å². The Hall–Kier alpha value is -2.22. The zero-order valence-corrected chi connectivity index (χ0v) is 10.5. The molecule has 0 saturated heterocycles. The zero-order chi connectivity index (χ0) is 15.1.